The van der Waals surface area contributed by atoms with Crippen molar-refractivity contribution in [2.24, 2.45) is 0 Å². The third-order valence-electron chi connectivity index (χ3n) is 3.58. The lowest BCUT2D eigenvalue weighted by molar-refractivity contribution is -0.143. The van der Waals surface area contributed by atoms with Crippen LogP contribution in [0.5, 0.6) is 11.5 Å². The summed E-state index contributed by atoms with van der Waals surface area (Å²) < 4.78 is 86.5. The highest BCUT2D eigenvalue weighted by Crippen LogP contribution is 2.38. The molecule has 1 N–H and O–H groups in total. The molecule has 2 aromatic rings. The topological polar surface area (TPSA) is 47.6 Å². The van der Waals surface area contributed by atoms with Crippen LogP contribution < -0.4 is 14.8 Å². The molecule has 2 rings (SSSR count). The third-order valence-corrected chi connectivity index (χ3v) is 3.58. The predicted molar refractivity (Wildman–Crippen MR) is 86.8 cm³/mol. The van der Waals surface area contributed by atoms with Gasteiger partial charge in [-0.05, 0) is 35.9 Å². The molecule has 28 heavy (non-hydrogen) atoms. The van der Waals surface area contributed by atoms with E-state index in [1.54, 1.807) is 24.3 Å². The summed E-state index contributed by atoms with van der Waals surface area (Å²) in [4.78, 5) is 11.8. The molecule has 0 aromatic heterocycles. The molecule has 0 spiro atoms. The number of amides is 1. The molecular weight excluding hydrogens is 392 g/mol. The smallest absolute Gasteiger partial charge is 0.416 e. The predicted octanol–water partition coefficient (Wildman–Crippen LogP) is 4.43. The fourth-order valence-corrected chi connectivity index (χ4v) is 2.15. The second kappa shape index (κ2) is 8.41. The van der Waals surface area contributed by atoms with Gasteiger partial charge in [-0.25, -0.2) is 0 Å². The van der Waals surface area contributed by atoms with Gasteiger partial charge in [0.05, 0.1) is 18.2 Å². The fraction of sp³-hybridized carbons (Fsp3) is 0.278. The summed E-state index contributed by atoms with van der Waals surface area (Å²) in [5.74, 6) is -0.799. The van der Waals surface area contributed by atoms with Crippen molar-refractivity contribution in [1.29, 1.82) is 0 Å². The highest BCUT2D eigenvalue weighted by molar-refractivity contribution is 5.77. The summed E-state index contributed by atoms with van der Waals surface area (Å²) in [7, 11) is 1.49. The third kappa shape index (κ3) is 6.07. The minimum absolute atomic E-state index is 0.0173. The molecule has 10 heteroatoms. The monoisotopic (exact) mass is 407 g/mol. The van der Waals surface area contributed by atoms with Crippen LogP contribution in [0, 0.1) is 0 Å². The Hall–Kier alpha value is -2.91. The number of methoxy groups -OCH3 is 1. The SMILES string of the molecule is COc1ccc(CNC(=O)COc2cc(C(F)(F)F)cc(C(F)(F)F)c2)cc1. The number of ether oxygens (including phenoxy) is 2. The summed E-state index contributed by atoms with van der Waals surface area (Å²) in [6, 6.07) is 7.50. The van der Waals surface area contributed by atoms with Gasteiger partial charge in [-0.3, -0.25) is 4.79 Å². The Morgan fingerprint density at radius 1 is 0.893 bits per heavy atom. The molecule has 2 aromatic carbocycles. The number of halogens is 6. The van der Waals surface area contributed by atoms with Crippen LogP contribution in [0.1, 0.15) is 16.7 Å². The van der Waals surface area contributed by atoms with Crippen molar-refractivity contribution in [3.05, 3.63) is 59.2 Å². The zero-order chi connectivity index (χ0) is 20.9. The first kappa shape index (κ1) is 21.4. The number of rotatable bonds is 6. The molecule has 0 atom stereocenters. The summed E-state index contributed by atoms with van der Waals surface area (Å²) >= 11 is 0. The number of hydrogen-bond acceptors (Lipinski definition) is 3. The van der Waals surface area contributed by atoms with Gasteiger partial charge in [0.2, 0.25) is 0 Å². The average Bonchev–Trinajstić information content (AvgIpc) is 2.63. The van der Waals surface area contributed by atoms with Crippen molar-refractivity contribution in [3.63, 3.8) is 0 Å². The van der Waals surface area contributed by atoms with Gasteiger partial charge in [-0.15, -0.1) is 0 Å². The summed E-state index contributed by atoms with van der Waals surface area (Å²) in [5, 5.41) is 2.45. The second-order valence-corrected chi connectivity index (χ2v) is 5.66. The lowest BCUT2D eigenvalue weighted by Crippen LogP contribution is -2.28. The molecule has 1 amide bonds. The van der Waals surface area contributed by atoms with Gasteiger partial charge in [-0.1, -0.05) is 12.1 Å². The van der Waals surface area contributed by atoms with Gasteiger partial charge < -0.3 is 14.8 Å². The van der Waals surface area contributed by atoms with E-state index in [0.29, 0.717) is 23.4 Å². The molecule has 0 saturated carbocycles. The van der Waals surface area contributed by atoms with E-state index in [1.165, 1.54) is 7.11 Å². The van der Waals surface area contributed by atoms with Crippen LogP contribution in [0.2, 0.25) is 0 Å². The molecule has 0 saturated heterocycles. The molecule has 0 heterocycles. The summed E-state index contributed by atoms with van der Waals surface area (Å²) in [6.07, 6.45) is -9.98. The maximum Gasteiger partial charge on any atom is 0.416 e. The Morgan fingerprint density at radius 2 is 1.43 bits per heavy atom. The number of carbonyl (C=O) groups is 1. The Labute approximate surface area is 156 Å². The minimum atomic E-state index is -4.99. The second-order valence-electron chi connectivity index (χ2n) is 5.66. The Balaban J connectivity index is 2.01. The largest absolute Gasteiger partial charge is 0.497 e. The summed E-state index contributed by atoms with van der Waals surface area (Å²) in [6.45, 7) is -0.642. The van der Waals surface area contributed by atoms with Crippen LogP contribution in [0.25, 0.3) is 0 Å². The highest BCUT2D eigenvalue weighted by atomic mass is 19.4. The average molecular weight is 407 g/mol. The lowest BCUT2D eigenvalue weighted by Gasteiger charge is -2.14. The number of hydrogen-bond donors (Lipinski definition) is 1. The van der Waals surface area contributed by atoms with Gasteiger partial charge in [0.15, 0.2) is 6.61 Å². The first-order valence-electron chi connectivity index (χ1n) is 7.81. The Bertz CT molecular complexity index is 783. The zero-order valence-corrected chi connectivity index (χ0v) is 14.4. The van der Waals surface area contributed by atoms with Gasteiger partial charge in [0.1, 0.15) is 11.5 Å². The van der Waals surface area contributed by atoms with Crippen LogP contribution in [0.3, 0.4) is 0 Å². The maximum absolute atomic E-state index is 12.8. The molecule has 4 nitrogen and oxygen atoms in total. The van der Waals surface area contributed by atoms with E-state index < -0.39 is 41.7 Å². The van der Waals surface area contributed by atoms with Gasteiger partial charge in [0.25, 0.3) is 5.91 Å². The lowest BCUT2D eigenvalue weighted by atomic mass is 10.1. The van der Waals surface area contributed by atoms with E-state index in [1.807, 2.05) is 0 Å². The number of alkyl halides is 6. The van der Waals surface area contributed by atoms with E-state index in [9.17, 15) is 31.1 Å². The van der Waals surface area contributed by atoms with Crippen LogP contribution >= 0.6 is 0 Å². The highest BCUT2D eigenvalue weighted by Gasteiger charge is 2.37. The van der Waals surface area contributed by atoms with Crippen molar-refractivity contribution in [2.45, 2.75) is 18.9 Å². The molecule has 0 aliphatic carbocycles. The van der Waals surface area contributed by atoms with Crippen LogP contribution in [-0.2, 0) is 23.7 Å². The standard InChI is InChI=1S/C18H15F6NO3/c1-27-14-4-2-11(3-5-14)9-25-16(26)10-28-15-7-12(17(19,20)21)6-13(8-15)18(22,23)24/h2-8H,9-10H2,1H3,(H,25,26). The van der Waals surface area contributed by atoms with E-state index >= 15 is 0 Å². The molecular formula is C18H15F6NO3. The zero-order valence-electron chi connectivity index (χ0n) is 14.4. The molecule has 0 unspecified atom stereocenters. The van der Waals surface area contributed by atoms with Crippen molar-refractivity contribution >= 4 is 5.91 Å². The normalized spacial score (nSPS) is 11.8. The first-order chi connectivity index (χ1) is 13.0. The molecule has 0 aliphatic heterocycles. The van der Waals surface area contributed by atoms with Crippen molar-refractivity contribution in [3.8, 4) is 11.5 Å². The Kier molecular flexibility index (Phi) is 6.42. The van der Waals surface area contributed by atoms with Crippen LogP contribution in [-0.4, -0.2) is 19.6 Å². The number of nitrogens with one attached hydrogen (secondary N) is 1. The van der Waals surface area contributed by atoms with E-state index in [4.69, 9.17) is 9.47 Å². The Morgan fingerprint density at radius 3 is 1.89 bits per heavy atom. The van der Waals surface area contributed by atoms with Crippen molar-refractivity contribution in [1.82, 2.24) is 5.32 Å². The van der Waals surface area contributed by atoms with Crippen molar-refractivity contribution < 1.29 is 40.6 Å². The number of benzene rings is 2. The quantitative estimate of drug-likeness (QED) is 0.721. The minimum Gasteiger partial charge on any atom is -0.497 e. The van der Waals surface area contributed by atoms with E-state index in [2.05, 4.69) is 5.32 Å². The number of carbonyl (C=O) groups excluding carboxylic acids is 1. The molecule has 152 valence electrons. The molecule has 0 radical (unpaired) electrons. The van der Waals surface area contributed by atoms with Crippen molar-refractivity contribution in [2.75, 3.05) is 13.7 Å². The fourth-order valence-electron chi connectivity index (χ4n) is 2.15. The van der Waals surface area contributed by atoms with Crippen LogP contribution in [0.4, 0.5) is 26.3 Å². The molecule has 0 aliphatic rings. The van der Waals surface area contributed by atoms with Gasteiger partial charge in [0, 0.05) is 6.54 Å². The van der Waals surface area contributed by atoms with Gasteiger partial charge >= 0.3 is 12.4 Å². The maximum atomic E-state index is 12.8. The van der Waals surface area contributed by atoms with Crippen LogP contribution in [0.15, 0.2) is 42.5 Å². The molecule has 0 fully saturated rings. The van der Waals surface area contributed by atoms with E-state index in [0.717, 1.165) is 0 Å². The summed E-state index contributed by atoms with van der Waals surface area (Å²) in [5.41, 5.74) is -2.32. The van der Waals surface area contributed by atoms with Gasteiger partial charge in [-0.2, -0.15) is 26.3 Å². The van der Waals surface area contributed by atoms with E-state index in [-0.39, 0.29) is 12.6 Å². The molecule has 0 bridgehead atoms. The first-order valence-corrected chi connectivity index (χ1v) is 7.81.